The van der Waals surface area contributed by atoms with E-state index in [0.29, 0.717) is 43.0 Å². The number of hydrogen-bond acceptors (Lipinski definition) is 3. The minimum absolute atomic E-state index is 0.0934. The van der Waals surface area contributed by atoms with Crippen LogP contribution in [-0.2, 0) is 4.74 Å². The Bertz CT molecular complexity index is 735. The normalized spacial score (nSPS) is 14.5. The summed E-state index contributed by atoms with van der Waals surface area (Å²) < 4.78 is 5.28. The largest absolute Gasteiger partial charge is 0.478 e. The van der Waals surface area contributed by atoms with Crippen LogP contribution in [-0.4, -0.2) is 48.2 Å². The number of carbonyl (C=O) groups is 2. The maximum atomic E-state index is 12.8. The summed E-state index contributed by atoms with van der Waals surface area (Å²) in [5.41, 5.74) is 1.90. The summed E-state index contributed by atoms with van der Waals surface area (Å²) >= 11 is 0. The van der Waals surface area contributed by atoms with E-state index in [1.54, 1.807) is 47.4 Å². The van der Waals surface area contributed by atoms with E-state index in [1.807, 2.05) is 6.07 Å². The number of carboxylic acids is 1. The molecule has 1 aliphatic rings. The number of rotatable bonds is 3. The molecule has 5 heteroatoms. The molecule has 0 unspecified atom stereocenters. The Hall–Kier alpha value is -2.66. The van der Waals surface area contributed by atoms with Crippen molar-refractivity contribution < 1.29 is 19.4 Å². The summed E-state index contributed by atoms with van der Waals surface area (Å²) in [6.45, 7) is 2.15. The summed E-state index contributed by atoms with van der Waals surface area (Å²) in [4.78, 5) is 26.0. The highest BCUT2D eigenvalue weighted by atomic mass is 16.5. The van der Waals surface area contributed by atoms with Crippen LogP contribution in [0, 0.1) is 0 Å². The number of nitrogens with zero attached hydrogens (tertiary/aromatic N) is 1. The third-order valence-corrected chi connectivity index (χ3v) is 3.90. The van der Waals surface area contributed by atoms with Gasteiger partial charge >= 0.3 is 5.97 Å². The van der Waals surface area contributed by atoms with Crippen LogP contribution in [0.4, 0.5) is 0 Å². The van der Waals surface area contributed by atoms with Crippen LogP contribution in [0.5, 0.6) is 0 Å². The minimum atomic E-state index is -1.01. The van der Waals surface area contributed by atoms with Gasteiger partial charge in [0, 0.05) is 18.7 Å². The molecule has 5 nitrogen and oxygen atoms in total. The van der Waals surface area contributed by atoms with Gasteiger partial charge in [0.25, 0.3) is 5.91 Å². The van der Waals surface area contributed by atoms with Gasteiger partial charge in [-0.25, -0.2) is 4.79 Å². The monoisotopic (exact) mass is 311 g/mol. The molecule has 1 saturated heterocycles. The molecular weight excluding hydrogens is 294 g/mol. The first-order valence-electron chi connectivity index (χ1n) is 7.47. The van der Waals surface area contributed by atoms with Gasteiger partial charge in [0.2, 0.25) is 0 Å². The zero-order chi connectivity index (χ0) is 16.2. The zero-order valence-electron chi connectivity index (χ0n) is 12.6. The lowest BCUT2D eigenvalue weighted by Gasteiger charge is -2.27. The molecule has 2 aromatic rings. The predicted octanol–water partition coefficient (Wildman–Crippen LogP) is 2.52. The standard InChI is InChI=1S/C18H17NO4/c20-17(19-9-11-23-12-10-19)15-7-3-1-5-13(15)14-6-2-4-8-16(14)18(21)22/h1-8H,9-12H2,(H,21,22). The second-order valence-corrected chi connectivity index (χ2v) is 5.30. The van der Waals surface area contributed by atoms with Crippen LogP contribution in [0.15, 0.2) is 48.5 Å². The highest BCUT2D eigenvalue weighted by Crippen LogP contribution is 2.28. The summed E-state index contributed by atoms with van der Waals surface area (Å²) in [6, 6.07) is 13.9. The Morgan fingerprint density at radius 2 is 1.39 bits per heavy atom. The average molecular weight is 311 g/mol. The Morgan fingerprint density at radius 1 is 0.870 bits per heavy atom. The molecule has 1 N–H and O–H groups in total. The van der Waals surface area contributed by atoms with E-state index in [0.717, 1.165) is 0 Å². The molecule has 2 aromatic carbocycles. The number of benzene rings is 2. The van der Waals surface area contributed by atoms with Gasteiger partial charge in [0.15, 0.2) is 0 Å². The van der Waals surface area contributed by atoms with Crippen LogP contribution >= 0.6 is 0 Å². The fourth-order valence-electron chi connectivity index (χ4n) is 2.75. The van der Waals surface area contributed by atoms with E-state index < -0.39 is 5.97 Å². The van der Waals surface area contributed by atoms with E-state index in [1.165, 1.54) is 0 Å². The summed E-state index contributed by atoms with van der Waals surface area (Å²) in [5, 5.41) is 9.39. The van der Waals surface area contributed by atoms with Crippen LogP contribution in [0.1, 0.15) is 20.7 Å². The van der Waals surface area contributed by atoms with Crippen LogP contribution in [0.2, 0.25) is 0 Å². The molecule has 1 aliphatic heterocycles. The topological polar surface area (TPSA) is 66.8 Å². The van der Waals surface area contributed by atoms with E-state index in [-0.39, 0.29) is 11.5 Å². The Morgan fingerprint density at radius 3 is 2.00 bits per heavy atom. The molecule has 1 amide bonds. The van der Waals surface area contributed by atoms with Crippen molar-refractivity contribution in [1.82, 2.24) is 4.90 Å². The number of ether oxygens (including phenoxy) is 1. The Kier molecular flexibility index (Phi) is 4.39. The van der Waals surface area contributed by atoms with Gasteiger partial charge in [0.05, 0.1) is 18.8 Å². The van der Waals surface area contributed by atoms with E-state index >= 15 is 0 Å². The quantitative estimate of drug-likeness (QED) is 0.946. The van der Waals surface area contributed by atoms with Crippen molar-refractivity contribution >= 4 is 11.9 Å². The van der Waals surface area contributed by atoms with E-state index in [9.17, 15) is 14.7 Å². The first-order valence-corrected chi connectivity index (χ1v) is 7.47. The molecule has 0 aromatic heterocycles. The molecule has 0 saturated carbocycles. The number of carbonyl (C=O) groups excluding carboxylic acids is 1. The molecule has 0 atom stereocenters. The van der Waals surface area contributed by atoms with Crippen LogP contribution in [0.3, 0.4) is 0 Å². The van der Waals surface area contributed by atoms with Gasteiger partial charge in [-0.15, -0.1) is 0 Å². The second kappa shape index (κ2) is 6.62. The lowest BCUT2D eigenvalue weighted by Crippen LogP contribution is -2.40. The van der Waals surface area contributed by atoms with Gasteiger partial charge in [-0.1, -0.05) is 36.4 Å². The first kappa shape index (κ1) is 15.2. The highest BCUT2D eigenvalue weighted by molar-refractivity contribution is 6.04. The predicted molar refractivity (Wildman–Crippen MR) is 85.6 cm³/mol. The summed E-state index contributed by atoms with van der Waals surface area (Å²) in [6.07, 6.45) is 0. The van der Waals surface area contributed by atoms with Crippen molar-refractivity contribution in [2.45, 2.75) is 0 Å². The first-order chi connectivity index (χ1) is 11.2. The molecule has 0 bridgehead atoms. The molecule has 0 spiro atoms. The molecule has 118 valence electrons. The molecule has 0 radical (unpaired) electrons. The maximum absolute atomic E-state index is 12.8. The molecule has 1 fully saturated rings. The fourth-order valence-corrected chi connectivity index (χ4v) is 2.75. The third kappa shape index (κ3) is 3.10. The lowest BCUT2D eigenvalue weighted by molar-refractivity contribution is 0.0303. The minimum Gasteiger partial charge on any atom is -0.478 e. The maximum Gasteiger partial charge on any atom is 0.336 e. The summed E-state index contributed by atoms with van der Waals surface area (Å²) in [5.74, 6) is -1.10. The smallest absolute Gasteiger partial charge is 0.336 e. The highest BCUT2D eigenvalue weighted by Gasteiger charge is 2.22. The SMILES string of the molecule is O=C(O)c1ccccc1-c1ccccc1C(=O)N1CCOCC1. The van der Waals surface area contributed by atoms with Gasteiger partial charge in [-0.2, -0.15) is 0 Å². The van der Waals surface area contributed by atoms with Gasteiger partial charge in [-0.3, -0.25) is 4.79 Å². The number of aromatic carboxylic acids is 1. The number of carboxylic acid groups (broad SMARTS) is 1. The second-order valence-electron chi connectivity index (χ2n) is 5.30. The van der Waals surface area contributed by atoms with Gasteiger partial charge < -0.3 is 14.7 Å². The van der Waals surface area contributed by atoms with Crippen molar-refractivity contribution in [1.29, 1.82) is 0 Å². The van der Waals surface area contributed by atoms with Crippen LogP contribution in [0.25, 0.3) is 11.1 Å². The number of amides is 1. The van der Waals surface area contributed by atoms with Crippen molar-refractivity contribution in [2.24, 2.45) is 0 Å². The number of morpholine rings is 1. The molecular formula is C18H17NO4. The average Bonchev–Trinajstić information content (AvgIpc) is 2.62. The summed E-state index contributed by atoms with van der Waals surface area (Å²) in [7, 11) is 0. The molecule has 23 heavy (non-hydrogen) atoms. The van der Waals surface area contributed by atoms with E-state index in [4.69, 9.17) is 4.74 Å². The van der Waals surface area contributed by atoms with Gasteiger partial charge in [-0.05, 0) is 23.3 Å². The van der Waals surface area contributed by atoms with Crippen molar-refractivity contribution in [2.75, 3.05) is 26.3 Å². The number of hydrogen-bond donors (Lipinski definition) is 1. The van der Waals surface area contributed by atoms with Crippen molar-refractivity contribution in [3.63, 3.8) is 0 Å². The Labute approximate surface area is 134 Å². The van der Waals surface area contributed by atoms with E-state index in [2.05, 4.69) is 0 Å². The lowest BCUT2D eigenvalue weighted by atomic mass is 9.94. The zero-order valence-corrected chi connectivity index (χ0v) is 12.6. The van der Waals surface area contributed by atoms with Crippen molar-refractivity contribution in [3.8, 4) is 11.1 Å². The molecule has 0 aliphatic carbocycles. The fraction of sp³-hybridized carbons (Fsp3) is 0.222. The van der Waals surface area contributed by atoms with Gasteiger partial charge in [0.1, 0.15) is 0 Å². The van der Waals surface area contributed by atoms with Crippen molar-refractivity contribution in [3.05, 3.63) is 59.7 Å². The molecule has 1 heterocycles. The Balaban J connectivity index is 2.05. The van der Waals surface area contributed by atoms with Crippen LogP contribution < -0.4 is 0 Å². The molecule has 3 rings (SSSR count). The third-order valence-electron chi connectivity index (χ3n) is 3.90.